The lowest BCUT2D eigenvalue weighted by Crippen LogP contribution is -2.43. The highest BCUT2D eigenvalue weighted by molar-refractivity contribution is 5.75. The maximum Gasteiger partial charge on any atom is 0.400 e. The third kappa shape index (κ3) is 4.25. The molecule has 0 spiro atoms. The van der Waals surface area contributed by atoms with E-state index in [9.17, 15) is 31.1 Å². The molecule has 0 aromatic heterocycles. The van der Waals surface area contributed by atoms with Gasteiger partial charge in [0.05, 0.1) is 7.11 Å². The molecule has 0 aromatic rings. The molecule has 16 heavy (non-hydrogen) atoms. The maximum absolute atomic E-state index is 12.0. The van der Waals surface area contributed by atoms with Crippen molar-refractivity contribution in [2.24, 2.45) is 11.7 Å². The van der Waals surface area contributed by atoms with Gasteiger partial charge >= 0.3 is 18.3 Å². The average Bonchev–Trinajstić information content (AvgIpc) is 2.08. The van der Waals surface area contributed by atoms with Crippen LogP contribution in [-0.2, 0) is 9.53 Å². The Hall–Kier alpha value is -0.990. The highest BCUT2D eigenvalue weighted by atomic mass is 19.4. The fourth-order valence-corrected chi connectivity index (χ4v) is 0.954. The number of halogens is 6. The van der Waals surface area contributed by atoms with Crippen LogP contribution < -0.4 is 5.73 Å². The topological polar surface area (TPSA) is 52.3 Å². The number of hydrogen-bond acceptors (Lipinski definition) is 3. The second kappa shape index (κ2) is 4.89. The van der Waals surface area contributed by atoms with Crippen LogP contribution in [0.25, 0.3) is 0 Å². The van der Waals surface area contributed by atoms with E-state index in [1.54, 1.807) is 0 Å². The number of esters is 1. The Kier molecular flexibility index (Phi) is 4.59. The first-order chi connectivity index (χ1) is 7.00. The van der Waals surface area contributed by atoms with Gasteiger partial charge in [-0.3, -0.25) is 4.79 Å². The molecule has 0 amide bonds. The molecule has 0 saturated heterocycles. The summed E-state index contributed by atoms with van der Waals surface area (Å²) in [6.45, 7) is 0. The van der Waals surface area contributed by atoms with Crippen LogP contribution in [0.2, 0.25) is 0 Å². The van der Waals surface area contributed by atoms with Gasteiger partial charge in [-0.1, -0.05) is 0 Å². The number of rotatable bonds is 3. The minimum Gasteiger partial charge on any atom is -0.468 e. The largest absolute Gasteiger partial charge is 0.468 e. The molecule has 1 atom stereocenters. The minimum atomic E-state index is -5.50. The van der Waals surface area contributed by atoms with Crippen LogP contribution in [-0.4, -0.2) is 31.5 Å². The monoisotopic (exact) mass is 253 g/mol. The van der Waals surface area contributed by atoms with Gasteiger partial charge in [0.2, 0.25) is 0 Å². The van der Waals surface area contributed by atoms with E-state index in [1.807, 2.05) is 0 Å². The molecule has 3 nitrogen and oxygen atoms in total. The molecule has 0 rings (SSSR count). The molecule has 2 N–H and O–H groups in total. The zero-order valence-electron chi connectivity index (χ0n) is 8.02. The van der Waals surface area contributed by atoms with Crippen LogP contribution in [0.1, 0.15) is 6.42 Å². The predicted molar refractivity (Wildman–Crippen MR) is 40.2 cm³/mol. The summed E-state index contributed by atoms with van der Waals surface area (Å²) >= 11 is 0. The zero-order chi connectivity index (χ0) is 13.1. The van der Waals surface area contributed by atoms with Crippen molar-refractivity contribution < 1.29 is 35.9 Å². The molecule has 0 heterocycles. The normalized spacial score (nSPS) is 15.1. The molecule has 96 valence electrons. The zero-order valence-corrected chi connectivity index (χ0v) is 8.02. The van der Waals surface area contributed by atoms with Gasteiger partial charge in [-0.2, -0.15) is 26.3 Å². The first-order valence-corrected chi connectivity index (χ1v) is 3.97. The molecular weight excluding hydrogens is 244 g/mol. The lowest BCUT2D eigenvalue weighted by atomic mass is 9.99. The van der Waals surface area contributed by atoms with Gasteiger partial charge in [0.15, 0.2) is 5.92 Å². The molecule has 0 saturated carbocycles. The van der Waals surface area contributed by atoms with E-state index < -0.39 is 36.7 Å². The van der Waals surface area contributed by atoms with Crippen molar-refractivity contribution in [3.63, 3.8) is 0 Å². The fourth-order valence-electron chi connectivity index (χ4n) is 0.954. The predicted octanol–water partition coefficient (Wildman–Crippen LogP) is 1.62. The van der Waals surface area contributed by atoms with Crippen molar-refractivity contribution >= 4 is 5.97 Å². The molecule has 0 aliphatic heterocycles. The average molecular weight is 253 g/mol. The van der Waals surface area contributed by atoms with Crippen LogP contribution in [0.5, 0.6) is 0 Å². The van der Waals surface area contributed by atoms with Crippen molar-refractivity contribution in [2.45, 2.75) is 24.8 Å². The van der Waals surface area contributed by atoms with Gasteiger partial charge in [-0.15, -0.1) is 0 Å². The first kappa shape index (κ1) is 15.0. The second-order valence-corrected chi connectivity index (χ2v) is 3.00. The van der Waals surface area contributed by atoms with E-state index in [0.717, 1.165) is 7.11 Å². The minimum absolute atomic E-state index is 0.818. The highest BCUT2D eigenvalue weighted by Gasteiger charge is 2.57. The van der Waals surface area contributed by atoms with Gasteiger partial charge < -0.3 is 10.5 Å². The number of hydrogen-bond donors (Lipinski definition) is 1. The standard InChI is InChI=1S/C7H9F6NO2/c1-16-5(15)3(14)2-4(6(8,9)10)7(11,12)13/h3-4H,2,14H2,1H3/t3-/m0/s1. The second-order valence-electron chi connectivity index (χ2n) is 3.00. The van der Waals surface area contributed by atoms with Crippen LogP contribution in [0.15, 0.2) is 0 Å². The van der Waals surface area contributed by atoms with Crippen LogP contribution in [0.3, 0.4) is 0 Å². The number of carbonyl (C=O) groups is 1. The van der Waals surface area contributed by atoms with E-state index in [2.05, 4.69) is 4.74 Å². The lowest BCUT2D eigenvalue weighted by molar-refractivity contribution is -0.286. The third-order valence-electron chi connectivity index (χ3n) is 1.78. The molecule has 0 unspecified atom stereocenters. The van der Waals surface area contributed by atoms with E-state index >= 15 is 0 Å². The van der Waals surface area contributed by atoms with Gasteiger partial charge in [-0.05, 0) is 6.42 Å². The summed E-state index contributed by atoms with van der Waals surface area (Å²) in [6, 6.07) is -1.96. The fraction of sp³-hybridized carbons (Fsp3) is 0.857. The van der Waals surface area contributed by atoms with Crippen LogP contribution in [0.4, 0.5) is 26.3 Å². The molecule has 0 aromatic carbocycles. The van der Waals surface area contributed by atoms with Gasteiger partial charge in [0, 0.05) is 0 Å². The van der Waals surface area contributed by atoms with E-state index in [0.29, 0.717) is 0 Å². The summed E-state index contributed by atoms with van der Waals surface area (Å²) in [4.78, 5) is 10.6. The highest BCUT2D eigenvalue weighted by Crippen LogP contribution is 2.41. The van der Waals surface area contributed by atoms with Crippen molar-refractivity contribution in [1.82, 2.24) is 0 Å². The van der Waals surface area contributed by atoms with Crippen molar-refractivity contribution in [3.8, 4) is 0 Å². The Morgan fingerprint density at radius 2 is 1.56 bits per heavy atom. The SMILES string of the molecule is COC(=O)[C@@H](N)CC(C(F)(F)F)C(F)(F)F. The smallest absolute Gasteiger partial charge is 0.400 e. The Morgan fingerprint density at radius 3 is 1.81 bits per heavy atom. The third-order valence-corrected chi connectivity index (χ3v) is 1.78. The molecule has 0 radical (unpaired) electrons. The van der Waals surface area contributed by atoms with Gasteiger partial charge in [0.25, 0.3) is 0 Å². The van der Waals surface area contributed by atoms with Gasteiger partial charge in [-0.25, -0.2) is 0 Å². The van der Waals surface area contributed by atoms with Crippen LogP contribution in [0, 0.1) is 5.92 Å². The van der Waals surface area contributed by atoms with Crippen molar-refractivity contribution in [1.29, 1.82) is 0 Å². The summed E-state index contributed by atoms with van der Waals surface area (Å²) in [7, 11) is 0.818. The lowest BCUT2D eigenvalue weighted by Gasteiger charge is -2.24. The van der Waals surface area contributed by atoms with E-state index in [1.165, 1.54) is 0 Å². The summed E-state index contributed by atoms with van der Waals surface area (Å²) in [6.07, 6.45) is -12.6. The molecule has 0 aliphatic carbocycles. The summed E-state index contributed by atoms with van der Waals surface area (Å²) in [5.41, 5.74) is 4.85. The maximum atomic E-state index is 12.0. The summed E-state index contributed by atoms with van der Waals surface area (Å²) < 4.78 is 76.0. The quantitative estimate of drug-likeness (QED) is 0.614. The number of nitrogens with two attached hydrogens (primary N) is 1. The molecule has 0 fully saturated rings. The van der Waals surface area contributed by atoms with Crippen molar-refractivity contribution in [3.05, 3.63) is 0 Å². The van der Waals surface area contributed by atoms with Crippen molar-refractivity contribution in [2.75, 3.05) is 7.11 Å². The molecular formula is C7H9F6NO2. The molecule has 0 bridgehead atoms. The Bertz CT molecular complexity index is 234. The Balaban J connectivity index is 4.77. The number of ether oxygens (including phenoxy) is 1. The van der Waals surface area contributed by atoms with E-state index in [4.69, 9.17) is 5.73 Å². The number of methoxy groups -OCH3 is 1. The van der Waals surface area contributed by atoms with Gasteiger partial charge in [0.1, 0.15) is 6.04 Å². The summed E-state index contributed by atoms with van der Waals surface area (Å²) in [5, 5.41) is 0. The summed E-state index contributed by atoms with van der Waals surface area (Å²) in [5.74, 6) is -4.95. The van der Waals surface area contributed by atoms with E-state index in [-0.39, 0.29) is 0 Å². The van der Waals surface area contributed by atoms with Crippen LogP contribution >= 0.6 is 0 Å². The number of carbonyl (C=O) groups excluding carboxylic acids is 1. The Morgan fingerprint density at radius 1 is 1.19 bits per heavy atom. The number of alkyl halides is 6. The molecule has 0 aliphatic rings. The molecule has 9 heteroatoms. The Labute approximate surface area is 86.5 Å². The first-order valence-electron chi connectivity index (χ1n) is 3.97.